The highest BCUT2D eigenvalue weighted by Gasteiger charge is 2.25. The van der Waals surface area contributed by atoms with Gasteiger partial charge in [-0.3, -0.25) is 9.88 Å². The smallest absolute Gasteiger partial charge is 0.314 e. The molecule has 2 amide bonds. The number of pyridine rings is 1. The maximum Gasteiger partial charge on any atom is 0.314 e. The lowest BCUT2D eigenvalue weighted by Gasteiger charge is -2.26. The van der Waals surface area contributed by atoms with Crippen molar-refractivity contribution in [1.29, 1.82) is 0 Å². The van der Waals surface area contributed by atoms with Gasteiger partial charge in [0.15, 0.2) is 0 Å². The molecule has 24 heavy (non-hydrogen) atoms. The number of amides is 2. The van der Waals surface area contributed by atoms with Crippen LogP contribution in [0.25, 0.3) is 0 Å². The summed E-state index contributed by atoms with van der Waals surface area (Å²) in [5, 5.41) is 5.85. The molecule has 2 N–H and O–H groups in total. The molecule has 0 aliphatic carbocycles. The zero-order chi connectivity index (χ0) is 16.6. The van der Waals surface area contributed by atoms with E-state index in [2.05, 4.69) is 20.5 Å². The highest BCUT2D eigenvalue weighted by atomic mass is 16.3. The molecular formula is C18H24N4O2. The second-order valence-corrected chi connectivity index (χ2v) is 5.98. The molecule has 3 heterocycles. The quantitative estimate of drug-likeness (QED) is 0.818. The number of urea groups is 1. The number of carbonyl (C=O) groups is 1. The lowest BCUT2D eigenvalue weighted by atomic mass is 10.2. The van der Waals surface area contributed by atoms with Crippen LogP contribution in [0.4, 0.5) is 4.79 Å². The zero-order valence-electron chi connectivity index (χ0n) is 13.8. The van der Waals surface area contributed by atoms with Gasteiger partial charge in [0.1, 0.15) is 5.76 Å². The molecule has 0 bridgehead atoms. The lowest BCUT2D eigenvalue weighted by Crippen LogP contribution is -2.42. The van der Waals surface area contributed by atoms with Crippen molar-refractivity contribution in [2.24, 2.45) is 0 Å². The summed E-state index contributed by atoms with van der Waals surface area (Å²) in [7, 11) is 0. The molecule has 128 valence electrons. The molecule has 1 aliphatic heterocycles. The Morgan fingerprint density at radius 3 is 2.79 bits per heavy atom. The Balaban J connectivity index is 1.44. The number of aromatic nitrogens is 1. The fourth-order valence-electron chi connectivity index (χ4n) is 3.05. The van der Waals surface area contributed by atoms with E-state index < -0.39 is 0 Å². The van der Waals surface area contributed by atoms with E-state index in [1.54, 1.807) is 12.5 Å². The Bertz CT molecular complexity index is 609. The second-order valence-electron chi connectivity index (χ2n) is 5.98. The van der Waals surface area contributed by atoms with Crippen LogP contribution in [0.2, 0.25) is 0 Å². The molecule has 0 aromatic carbocycles. The van der Waals surface area contributed by atoms with Crippen molar-refractivity contribution in [2.45, 2.75) is 25.3 Å². The fraction of sp³-hybridized carbons (Fsp3) is 0.444. The van der Waals surface area contributed by atoms with Gasteiger partial charge in [-0.15, -0.1) is 0 Å². The maximum atomic E-state index is 12.0. The van der Waals surface area contributed by atoms with Crippen molar-refractivity contribution in [1.82, 2.24) is 20.5 Å². The summed E-state index contributed by atoms with van der Waals surface area (Å²) in [5.41, 5.74) is 0.975. The summed E-state index contributed by atoms with van der Waals surface area (Å²) >= 11 is 0. The Morgan fingerprint density at radius 1 is 1.21 bits per heavy atom. The summed E-state index contributed by atoms with van der Waals surface area (Å²) in [4.78, 5) is 18.6. The Hall–Kier alpha value is -2.34. The molecule has 0 spiro atoms. The van der Waals surface area contributed by atoms with Gasteiger partial charge in [0, 0.05) is 31.4 Å². The van der Waals surface area contributed by atoms with Gasteiger partial charge in [-0.25, -0.2) is 4.79 Å². The summed E-state index contributed by atoms with van der Waals surface area (Å²) in [6.45, 7) is 3.21. The van der Waals surface area contributed by atoms with Crippen LogP contribution in [-0.2, 0) is 6.42 Å². The molecule has 2 aromatic heterocycles. The third-order valence-electron chi connectivity index (χ3n) is 4.30. The van der Waals surface area contributed by atoms with Gasteiger partial charge in [0.2, 0.25) is 0 Å². The first kappa shape index (κ1) is 16.5. The first-order chi connectivity index (χ1) is 11.8. The average molecular weight is 328 g/mol. The molecule has 1 saturated heterocycles. The molecule has 2 aromatic rings. The maximum absolute atomic E-state index is 12.0. The van der Waals surface area contributed by atoms with E-state index >= 15 is 0 Å². The molecular weight excluding hydrogens is 304 g/mol. The van der Waals surface area contributed by atoms with Gasteiger partial charge >= 0.3 is 6.03 Å². The van der Waals surface area contributed by atoms with Crippen LogP contribution >= 0.6 is 0 Å². The van der Waals surface area contributed by atoms with Gasteiger partial charge in [-0.1, -0.05) is 6.07 Å². The molecule has 6 heteroatoms. The number of hydrogen-bond acceptors (Lipinski definition) is 4. The molecule has 3 rings (SSSR count). The van der Waals surface area contributed by atoms with Crippen molar-refractivity contribution in [2.75, 3.05) is 26.2 Å². The predicted octanol–water partition coefficient (Wildman–Crippen LogP) is 2.35. The van der Waals surface area contributed by atoms with Crippen LogP contribution in [0.15, 0.2) is 47.2 Å². The molecule has 1 aliphatic rings. The lowest BCUT2D eigenvalue weighted by molar-refractivity contribution is 0.203. The number of hydrogen-bond donors (Lipinski definition) is 2. The van der Waals surface area contributed by atoms with Crippen molar-refractivity contribution in [3.05, 3.63) is 54.2 Å². The van der Waals surface area contributed by atoms with E-state index in [0.29, 0.717) is 13.1 Å². The second kappa shape index (κ2) is 8.49. The molecule has 0 saturated carbocycles. The van der Waals surface area contributed by atoms with Crippen molar-refractivity contribution < 1.29 is 9.21 Å². The topological polar surface area (TPSA) is 70.4 Å². The number of nitrogens with one attached hydrogen (secondary N) is 2. The highest BCUT2D eigenvalue weighted by molar-refractivity contribution is 5.73. The Kier molecular flexibility index (Phi) is 5.85. The van der Waals surface area contributed by atoms with E-state index in [1.807, 2.05) is 30.3 Å². The van der Waals surface area contributed by atoms with Gasteiger partial charge in [-0.2, -0.15) is 0 Å². The summed E-state index contributed by atoms with van der Waals surface area (Å²) in [5.74, 6) is 0.908. The number of likely N-dealkylation sites (tertiary alicyclic amines) is 1. The van der Waals surface area contributed by atoms with Crippen LogP contribution in [0.5, 0.6) is 0 Å². The zero-order valence-corrected chi connectivity index (χ0v) is 13.8. The van der Waals surface area contributed by atoms with Crippen LogP contribution < -0.4 is 10.6 Å². The first-order valence-corrected chi connectivity index (χ1v) is 8.52. The van der Waals surface area contributed by atoms with Gasteiger partial charge < -0.3 is 15.1 Å². The predicted molar refractivity (Wildman–Crippen MR) is 91.6 cm³/mol. The molecule has 0 radical (unpaired) electrons. The average Bonchev–Trinajstić information content (AvgIpc) is 3.30. The van der Waals surface area contributed by atoms with E-state index in [0.717, 1.165) is 31.0 Å². The van der Waals surface area contributed by atoms with Gasteiger partial charge in [0.05, 0.1) is 12.3 Å². The van der Waals surface area contributed by atoms with Crippen molar-refractivity contribution in [3.63, 3.8) is 0 Å². The standard InChI is InChI=1S/C18H24N4O2/c23-18(20-10-8-15-6-1-2-9-19-15)21-14-16(17-7-5-13-24-17)22-11-3-4-12-22/h1-2,5-7,9,13,16H,3-4,8,10-12,14H2,(H2,20,21,23). The summed E-state index contributed by atoms with van der Waals surface area (Å²) in [6, 6.07) is 9.61. The number of nitrogens with zero attached hydrogens (tertiary/aromatic N) is 2. The molecule has 6 nitrogen and oxygen atoms in total. The number of carbonyl (C=O) groups excluding carboxylic acids is 1. The van der Waals surface area contributed by atoms with E-state index in [-0.39, 0.29) is 12.1 Å². The van der Waals surface area contributed by atoms with Crippen LogP contribution in [0.3, 0.4) is 0 Å². The molecule has 1 unspecified atom stereocenters. The third kappa shape index (κ3) is 4.58. The Labute approximate surface area is 142 Å². The molecule has 1 atom stereocenters. The van der Waals surface area contributed by atoms with Crippen LogP contribution in [0, 0.1) is 0 Å². The van der Waals surface area contributed by atoms with Crippen LogP contribution in [0.1, 0.15) is 30.3 Å². The Morgan fingerprint density at radius 2 is 2.08 bits per heavy atom. The number of furan rings is 1. The van der Waals surface area contributed by atoms with E-state index in [4.69, 9.17) is 4.42 Å². The normalized spacial score (nSPS) is 16.0. The third-order valence-corrected chi connectivity index (χ3v) is 4.30. The van der Waals surface area contributed by atoms with E-state index in [1.165, 1.54) is 12.8 Å². The minimum Gasteiger partial charge on any atom is -0.468 e. The minimum atomic E-state index is -0.151. The van der Waals surface area contributed by atoms with Crippen molar-refractivity contribution >= 4 is 6.03 Å². The monoisotopic (exact) mass is 328 g/mol. The van der Waals surface area contributed by atoms with Crippen molar-refractivity contribution in [3.8, 4) is 0 Å². The largest absolute Gasteiger partial charge is 0.468 e. The van der Waals surface area contributed by atoms with Gasteiger partial charge in [0.25, 0.3) is 0 Å². The first-order valence-electron chi connectivity index (χ1n) is 8.52. The van der Waals surface area contributed by atoms with Gasteiger partial charge in [-0.05, 0) is 50.2 Å². The summed E-state index contributed by atoms with van der Waals surface area (Å²) in [6.07, 6.45) is 6.58. The fourth-order valence-corrected chi connectivity index (χ4v) is 3.05. The summed E-state index contributed by atoms with van der Waals surface area (Å²) < 4.78 is 5.56. The number of rotatable bonds is 7. The van der Waals surface area contributed by atoms with Crippen LogP contribution in [-0.4, -0.2) is 42.1 Å². The minimum absolute atomic E-state index is 0.101. The molecule has 1 fully saturated rings. The highest BCUT2D eigenvalue weighted by Crippen LogP contribution is 2.24. The SMILES string of the molecule is O=C(NCCc1ccccn1)NCC(c1ccco1)N1CCCC1. The van der Waals surface area contributed by atoms with E-state index in [9.17, 15) is 4.79 Å².